The zero-order valence-corrected chi connectivity index (χ0v) is 16.6. The molecule has 7 nitrogen and oxygen atoms in total. The number of imide groups is 1. The van der Waals surface area contributed by atoms with E-state index in [1.807, 2.05) is 71.4 Å². The molecule has 1 N–H and O–H groups in total. The fourth-order valence-corrected chi connectivity index (χ4v) is 3.92. The van der Waals surface area contributed by atoms with Gasteiger partial charge in [-0.05, 0) is 53.6 Å². The van der Waals surface area contributed by atoms with Crippen molar-refractivity contribution in [1.29, 1.82) is 0 Å². The summed E-state index contributed by atoms with van der Waals surface area (Å²) in [7, 11) is 1.63. The Hall–Kier alpha value is -3.87. The van der Waals surface area contributed by atoms with Gasteiger partial charge in [-0.1, -0.05) is 24.3 Å². The summed E-state index contributed by atoms with van der Waals surface area (Å²) in [5, 5.41) is 4.83. The topological polar surface area (TPSA) is 75.9 Å². The lowest BCUT2D eigenvalue weighted by molar-refractivity contribution is -0.131. The first-order valence-electron chi connectivity index (χ1n) is 9.63. The number of urea groups is 1. The fraction of sp³-hybridized carbons (Fsp3) is 0.174. The van der Waals surface area contributed by atoms with Crippen LogP contribution < -0.4 is 10.1 Å². The number of nitrogens with one attached hydrogen (secondary N) is 1. The molecule has 150 valence electrons. The summed E-state index contributed by atoms with van der Waals surface area (Å²) in [6.07, 6.45) is 3.71. The molecule has 2 aromatic heterocycles. The number of rotatable bonds is 4. The van der Waals surface area contributed by atoms with E-state index in [1.54, 1.807) is 14.0 Å². The minimum Gasteiger partial charge on any atom is -0.497 e. The molecule has 0 bridgehead atoms. The second kappa shape index (κ2) is 6.59. The van der Waals surface area contributed by atoms with E-state index in [9.17, 15) is 9.59 Å². The minimum atomic E-state index is -1.13. The van der Waals surface area contributed by atoms with Gasteiger partial charge in [0.2, 0.25) is 0 Å². The highest BCUT2D eigenvalue weighted by Gasteiger charge is 2.49. The van der Waals surface area contributed by atoms with Crippen molar-refractivity contribution in [1.82, 2.24) is 19.6 Å². The van der Waals surface area contributed by atoms with Gasteiger partial charge in [-0.25, -0.2) is 9.78 Å². The van der Waals surface area contributed by atoms with Crippen LogP contribution in [0.3, 0.4) is 0 Å². The first-order valence-corrected chi connectivity index (χ1v) is 9.63. The lowest BCUT2D eigenvalue weighted by Crippen LogP contribution is -2.40. The predicted octanol–water partition coefficient (Wildman–Crippen LogP) is 3.46. The number of pyridine rings is 1. The molecule has 3 amide bonds. The summed E-state index contributed by atoms with van der Waals surface area (Å²) in [4.78, 5) is 31.7. The number of hydrogen-bond donors (Lipinski definition) is 1. The van der Waals surface area contributed by atoms with Gasteiger partial charge in [-0.15, -0.1) is 0 Å². The Bertz CT molecular complexity index is 1280. The zero-order valence-electron chi connectivity index (χ0n) is 16.6. The van der Waals surface area contributed by atoms with Crippen LogP contribution in [0.25, 0.3) is 16.4 Å². The van der Waals surface area contributed by atoms with Crippen LogP contribution in [0.15, 0.2) is 67.0 Å². The van der Waals surface area contributed by atoms with Crippen molar-refractivity contribution in [3.05, 3.63) is 78.2 Å². The first-order chi connectivity index (χ1) is 14.5. The predicted molar refractivity (Wildman–Crippen MR) is 112 cm³/mol. The van der Waals surface area contributed by atoms with Crippen LogP contribution in [0.5, 0.6) is 5.75 Å². The van der Waals surface area contributed by atoms with Gasteiger partial charge in [0.1, 0.15) is 16.9 Å². The number of carbonyl (C=O) groups is 2. The van der Waals surface area contributed by atoms with Crippen LogP contribution in [-0.4, -0.2) is 33.3 Å². The van der Waals surface area contributed by atoms with Crippen LogP contribution in [0.1, 0.15) is 18.2 Å². The van der Waals surface area contributed by atoms with Crippen molar-refractivity contribution in [3.63, 3.8) is 0 Å². The van der Waals surface area contributed by atoms with Crippen LogP contribution >= 0.6 is 0 Å². The Labute approximate surface area is 172 Å². The molecule has 1 saturated heterocycles. The monoisotopic (exact) mass is 400 g/mol. The number of carbonyl (C=O) groups excluding carboxylic acids is 2. The van der Waals surface area contributed by atoms with Crippen LogP contribution in [0.4, 0.5) is 4.79 Å². The number of methoxy groups -OCH3 is 1. The quantitative estimate of drug-likeness (QED) is 0.532. The molecule has 0 radical (unpaired) electrons. The maximum Gasteiger partial charge on any atom is 0.325 e. The molecule has 1 fully saturated rings. The van der Waals surface area contributed by atoms with Gasteiger partial charge < -0.3 is 14.5 Å². The number of amides is 3. The van der Waals surface area contributed by atoms with Gasteiger partial charge in [0.15, 0.2) is 0 Å². The lowest BCUT2D eigenvalue weighted by Gasteiger charge is -2.22. The molecular formula is C23H20N4O3. The van der Waals surface area contributed by atoms with Crippen molar-refractivity contribution in [3.8, 4) is 5.75 Å². The van der Waals surface area contributed by atoms with Gasteiger partial charge in [0.25, 0.3) is 5.91 Å². The molecule has 0 unspecified atom stereocenters. The molecular weight excluding hydrogens is 380 g/mol. The van der Waals surface area contributed by atoms with E-state index in [4.69, 9.17) is 4.74 Å². The van der Waals surface area contributed by atoms with E-state index in [0.29, 0.717) is 5.69 Å². The third-order valence-corrected chi connectivity index (χ3v) is 5.63. The average molecular weight is 400 g/mol. The molecule has 0 spiro atoms. The van der Waals surface area contributed by atoms with E-state index >= 15 is 0 Å². The van der Waals surface area contributed by atoms with E-state index in [-0.39, 0.29) is 12.5 Å². The summed E-state index contributed by atoms with van der Waals surface area (Å²) in [6, 6.07) is 16.7. The third-order valence-electron chi connectivity index (χ3n) is 5.63. The van der Waals surface area contributed by atoms with Gasteiger partial charge in [-0.3, -0.25) is 9.69 Å². The number of aromatic nitrogens is 2. The van der Waals surface area contributed by atoms with Crippen molar-refractivity contribution in [2.45, 2.75) is 19.0 Å². The SMILES string of the molecule is COc1ccc2cc([C@@]3(C)NC(=O)N(Cc4cn5ccccc5n4)C3=O)ccc2c1. The van der Waals surface area contributed by atoms with Crippen LogP contribution in [-0.2, 0) is 16.9 Å². The van der Waals surface area contributed by atoms with Crippen LogP contribution in [0.2, 0.25) is 0 Å². The van der Waals surface area contributed by atoms with E-state index in [1.165, 1.54) is 4.90 Å². The normalized spacial score (nSPS) is 18.9. The van der Waals surface area contributed by atoms with Crippen molar-refractivity contribution < 1.29 is 14.3 Å². The largest absolute Gasteiger partial charge is 0.497 e. The summed E-state index contributed by atoms with van der Waals surface area (Å²) < 4.78 is 7.14. The van der Waals surface area contributed by atoms with Gasteiger partial charge >= 0.3 is 6.03 Å². The molecule has 1 aliphatic rings. The number of hydrogen-bond acceptors (Lipinski definition) is 4. The molecule has 3 heterocycles. The smallest absolute Gasteiger partial charge is 0.325 e. The second-order valence-corrected chi connectivity index (χ2v) is 7.57. The number of ether oxygens (including phenoxy) is 1. The Morgan fingerprint density at radius 3 is 2.67 bits per heavy atom. The maximum atomic E-state index is 13.3. The van der Waals surface area contributed by atoms with E-state index in [0.717, 1.165) is 27.7 Å². The minimum absolute atomic E-state index is 0.118. The lowest BCUT2D eigenvalue weighted by atomic mass is 9.90. The Balaban J connectivity index is 1.46. The molecule has 0 aliphatic carbocycles. The summed E-state index contributed by atoms with van der Waals surface area (Å²) >= 11 is 0. The van der Waals surface area contributed by atoms with Gasteiger partial charge in [-0.2, -0.15) is 0 Å². The van der Waals surface area contributed by atoms with Gasteiger partial charge in [0, 0.05) is 12.4 Å². The Morgan fingerprint density at radius 2 is 1.87 bits per heavy atom. The average Bonchev–Trinajstić information content (AvgIpc) is 3.27. The number of fused-ring (bicyclic) bond motifs is 2. The first kappa shape index (κ1) is 18.2. The van der Waals surface area contributed by atoms with Crippen molar-refractivity contribution in [2.24, 2.45) is 0 Å². The number of nitrogens with zero attached hydrogens (tertiary/aromatic N) is 3. The molecule has 7 heteroatoms. The third kappa shape index (κ3) is 2.78. The fourth-order valence-electron chi connectivity index (χ4n) is 3.92. The van der Waals surface area contributed by atoms with E-state index in [2.05, 4.69) is 10.3 Å². The number of imidazole rings is 1. The molecule has 5 rings (SSSR count). The molecule has 4 aromatic rings. The highest BCUT2D eigenvalue weighted by atomic mass is 16.5. The summed E-state index contributed by atoms with van der Waals surface area (Å²) in [5.41, 5.74) is 1.02. The Morgan fingerprint density at radius 1 is 1.07 bits per heavy atom. The van der Waals surface area contributed by atoms with Crippen molar-refractivity contribution >= 4 is 28.4 Å². The molecule has 2 aromatic carbocycles. The highest BCUT2D eigenvalue weighted by Crippen LogP contribution is 2.32. The summed E-state index contributed by atoms with van der Waals surface area (Å²) in [5.74, 6) is 0.475. The zero-order chi connectivity index (χ0) is 20.9. The Kier molecular flexibility index (Phi) is 3.99. The summed E-state index contributed by atoms with van der Waals surface area (Å²) in [6.45, 7) is 1.86. The number of benzene rings is 2. The maximum absolute atomic E-state index is 13.3. The molecule has 1 atom stereocenters. The van der Waals surface area contributed by atoms with Gasteiger partial charge in [0.05, 0.1) is 19.3 Å². The van der Waals surface area contributed by atoms with Crippen LogP contribution in [0, 0.1) is 0 Å². The molecule has 1 aliphatic heterocycles. The standard InChI is InChI=1S/C23H20N4O3/c1-23(17-8-6-16-12-19(30-2)9-7-15(16)11-17)21(28)27(22(29)25-23)14-18-13-26-10-4-3-5-20(26)24-18/h3-13H,14H2,1-2H3,(H,25,29)/t23-/m1/s1. The highest BCUT2D eigenvalue weighted by molar-refractivity contribution is 6.07. The van der Waals surface area contributed by atoms with E-state index < -0.39 is 11.6 Å². The molecule has 30 heavy (non-hydrogen) atoms. The second-order valence-electron chi connectivity index (χ2n) is 7.57. The molecule has 0 saturated carbocycles. The van der Waals surface area contributed by atoms with Crippen molar-refractivity contribution in [2.75, 3.05) is 7.11 Å².